The Kier molecular flexibility index (Phi) is 4.97. The summed E-state index contributed by atoms with van der Waals surface area (Å²) < 4.78 is 0. The molecule has 1 unspecified atom stereocenters. The number of azide groups is 1. The Morgan fingerprint density at radius 2 is 2.14 bits per heavy atom. The van der Waals surface area contributed by atoms with Crippen LogP contribution in [0.2, 0.25) is 0 Å². The van der Waals surface area contributed by atoms with Crippen molar-refractivity contribution in [2.24, 2.45) is 5.11 Å². The minimum absolute atomic E-state index is 0.489. The van der Waals surface area contributed by atoms with Crippen molar-refractivity contribution in [3.05, 3.63) is 46.3 Å². The lowest BCUT2D eigenvalue weighted by Crippen LogP contribution is -2.01. The Labute approximate surface area is 88.1 Å². The Balaban J connectivity index is 2.33. The predicted molar refractivity (Wildman–Crippen MR) is 61.2 cm³/mol. The standard InChI is InChI=1S/C10H13N3S/c1-9(14-8-12-13-11)7-10-5-3-2-4-6-10/h2-6,9H,7-8H2,1H3. The number of hydrogen-bond donors (Lipinski definition) is 0. The van der Waals surface area contributed by atoms with E-state index in [2.05, 4.69) is 29.1 Å². The second-order valence-corrected chi connectivity index (χ2v) is 4.42. The molecular weight excluding hydrogens is 194 g/mol. The van der Waals surface area contributed by atoms with Crippen LogP contribution in [0.3, 0.4) is 0 Å². The van der Waals surface area contributed by atoms with Crippen LogP contribution in [0.5, 0.6) is 0 Å². The summed E-state index contributed by atoms with van der Waals surface area (Å²) in [6.07, 6.45) is 1.02. The monoisotopic (exact) mass is 207 g/mol. The highest BCUT2D eigenvalue weighted by molar-refractivity contribution is 7.99. The predicted octanol–water partition coefficient (Wildman–Crippen LogP) is 3.62. The molecule has 0 heterocycles. The summed E-state index contributed by atoms with van der Waals surface area (Å²) in [4.78, 5) is 2.72. The fourth-order valence-electron chi connectivity index (χ4n) is 1.19. The van der Waals surface area contributed by atoms with Crippen molar-refractivity contribution in [3.63, 3.8) is 0 Å². The molecule has 3 nitrogen and oxygen atoms in total. The summed E-state index contributed by atoms with van der Waals surface area (Å²) in [6.45, 7) is 2.14. The van der Waals surface area contributed by atoms with Crippen LogP contribution in [0.15, 0.2) is 35.4 Å². The molecule has 0 bridgehead atoms. The highest BCUT2D eigenvalue weighted by atomic mass is 32.2. The lowest BCUT2D eigenvalue weighted by molar-refractivity contribution is 0.941. The fraction of sp³-hybridized carbons (Fsp3) is 0.400. The maximum absolute atomic E-state index is 8.11. The van der Waals surface area contributed by atoms with E-state index in [1.807, 2.05) is 18.2 Å². The molecule has 1 atom stereocenters. The lowest BCUT2D eigenvalue weighted by atomic mass is 10.1. The van der Waals surface area contributed by atoms with Crippen molar-refractivity contribution in [3.8, 4) is 0 Å². The summed E-state index contributed by atoms with van der Waals surface area (Å²) in [5, 5.41) is 3.99. The molecule has 4 heteroatoms. The van der Waals surface area contributed by atoms with Gasteiger partial charge in [0.15, 0.2) is 0 Å². The molecule has 0 aliphatic heterocycles. The Morgan fingerprint density at radius 3 is 2.79 bits per heavy atom. The Morgan fingerprint density at radius 1 is 1.43 bits per heavy atom. The molecule has 0 aromatic heterocycles. The minimum Gasteiger partial charge on any atom is -0.153 e. The van der Waals surface area contributed by atoms with Gasteiger partial charge in [-0.25, -0.2) is 0 Å². The molecule has 0 radical (unpaired) electrons. The Hall–Kier alpha value is -1.12. The summed E-state index contributed by atoms with van der Waals surface area (Å²) >= 11 is 1.68. The number of thioether (sulfide) groups is 1. The third kappa shape index (κ3) is 4.21. The second-order valence-electron chi connectivity index (χ2n) is 3.03. The van der Waals surface area contributed by atoms with Crippen LogP contribution in [0.1, 0.15) is 12.5 Å². The molecule has 0 aliphatic rings. The molecule has 0 N–H and O–H groups in total. The van der Waals surface area contributed by atoms with Gasteiger partial charge in [-0.3, -0.25) is 0 Å². The molecule has 1 aromatic rings. The van der Waals surface area contributed by atoms with E-state index in [9.17, 15) is 0 Å². The third-order valence-corrected chi connectivity index (χ3v) is 2.85. The smallest absolute Gasteiger partial charge is 0.0724 e. The van der Waals surface area contributed by atoms with Gasteiger partial charge < -0.3 is 0 Å². The van der Waals surface area contributed by atoms with Crippen molar-refractivity contribution < 1.29 is 0 Å². The van der Waals surface area contributed by atoms with Crippen molar-refractivity contribution in [1.29, 1.82) is 0 Å². The van der Waals surface area contributed by atoms with Gasteiger partial charge in [-0.15, -0.1) is 0 Å². The number of benzene rings is 1. The average Bonchev–Trinajstić information content (AvgIpc) is 2.20. The summed E-state index contributed by atoms with van der Waals surface area (Å²) in [5.41, 5.74) is 9.44. The molecule has 0 amide bonds. The van der Waals surface area contributed by atoms with Crippen LogP contribution >= 0.6 is 11.8 Å². The minimum atomic E-state index is 0.489. The van der Waals surface area contributed by atoms with E-state index in [-0.39, 0.29) is 0 Å². The van der Waals surface area contributed by atoms with Gasteiger partial charge in [-0.2, -0.15) is 11.8 Å². The van der Waals surface area contributed by atoms with Crippen molar-refractivity contribution in [2.45, 2.75) is 18.6 Å². The van der Waals surface area contributed by atoms with Crippen LogP contribution in [0.25, 0.3) is 10.4 Å². The molecule has 1 aromatic carbocycles. The van der Waals surface area contributed by atoms with E-state index >= 15 is 0 Å². The summed E-state index contributed by atoms with van der Waals surface area (Å²) in [5.74, 6) is 0.518. The molecular formula is C10H13N3S. The van der Waals surface area contributed by atoms with Crippen LogP contribution in [-0.2, 0) is 6.42 Å². The first-order chi connectivity index (χ1) is 6.83. The molecule has 74 valence electrons. The van der Waals surface area contributed by atoms with Crippen LogP contribution in [0.4, 0.5) is 0 Å². The van der Waals surface area contributed by atoms with Gasteiger partial charge in [0.05, 0.1) is 5.88 Å². The van der Waals surface area contributed by atoms with Gasteiger partial charge >= 0.3 is 0 Å². The summed E-state index contributed by atoms with van der Waals surface area (Å²) in [6, 6.07) is 10.3. The van der Waals surface area contributed by atoms with E-state index in [1.54, 1.807) is 11.8 Å². The van der Waals surface area contributed by atoms with Gasteiger partial charge in [0.25, 0.3) is 0 Å². The first-order valence-corrected chi connectivity index (χ1v) is 5.54. The van der Waals surface area contributed by atoms with Crippen molar-refractivity contribution in [1.82, 2.24) is 0 Å². The fourth-order valence-corrected chi connectivity index (χ4v) is 1.87. The maximum atomic E-state index is 8.11. The van der Waals surface area contributed by atoms with Gasteiger partial charge in [0.2, 0.25) is 0 Å². The topological polar surface area (TPSA) is 48.8 Å². The molecule has 0 saturated carbocycles. The SMILES string of the molecule is CC(Cc1ccccc1)SCN=[N+]=[N-]. The van der Waals surface area contributed by atoms with Gasteiger partial charge in [0.1, 0.15) is 0 Å². The quantitative estimate of drug-likeness (QED) is 0.413. The molecule has 0 saturated heterocycles. The number of nitrogens with zero attached hydrogens (tertiary/aromatic N) is 3. The number of rotatable bonds is 5. The molecule has 0 fully saturated rings. The maximum Gasteiger partial charge on any atom is 0.0724 e. The first kappa shape index (κ1) is 11.0. The summed E-state index contributed by atoms with van der Waals surface area (Å²) in [7, 11) is 0. The van der Waals surface area contributed by atoms with Crippen LogP contribution < -0.4 is 0 Å². The van der Waals surface area contributed by atoms with E-state index in [1.165, 1.54) is 5.56 Å². The molecule has 1 rings (SSSR count). The lowest BCUT2D eigenvalue weighted by Gasteiger charge is -2.08. The van der Waals surface area contributed by atoms with Crippen LogP contribution in [0, 0.1) is 0 Å². The molecule has 0 spiro atoms. The average molecular weight is 207 g/mol. The van der Waals surface area contributed by atoms with E-state index in [0.717, 1.165) is 6.42 Å². The van der Waals surface area contributed by atoms with Gasteiger partial charge in [-0.05, 0) is 17.5 Å². The van der Waals surface area contributed by atoms with Crippen molar-refractivity contribution >= 4 is 11.8 Å². The van der Waals surface area contributed by atoms with Crippen LogP contribution in [-0.4, -0.2) is 11.1 Å². The highest BCUT2D eigenvalue weighted by Gasteiger charge is 2.02. The molecule has 14 heavy (non-hydrogen) atoms. The van der Waals surface area contributed by atoms with E-state index in [4.69, 9.17) is 5.53 Å². The van der Waals surface area contributed by atoms with Gasteiger partial charge in [0, 0.05) is 10.2 Å². The zero-order chi connectivity index (χ0) is 10.2. The van der Waals surface area contributed by atoms with E-state index < -0.39 is 0 Å². The van der Waals surface area contributed by atoms with Crippen molar-refractivity contribution in [2.75, 3.05) is 5.88 Å². The number of hydrogen-bond acceptors (Lipinski definition) is 2. The Bertz CT molecular complexity index is 306. The first-order valence-electron chi connectivity index (χ1n) is 4.49. The highest BCUT2D eigenvalue weighted by Crippen LogP contribution is 2.15. The van der Waals surface area contributed by atoms with E-state index in [0.29, 0.717) is 11.1 Å². The molecule has 0 aliphatic carbocycles. The zero-order valence-corrected chi connectivity index (χ0v) is 8.94. The third-order valence-electron chi connectivity index (χ3n) is 1.85. The van der Waals surface area contributed by atoms with Gasteiger partial charge in [-0.1, -0.05) is 42.4 Å². The normalized spacial score (nSPS) is 11.8. The second kappa shape index (κ2) is 6.35. The zero-order valence-electron chi connectivity index (χ0n) is 8.13. The largest absolute Gasteiger partial charge is 0.153 e.